The van der Waals surface area contributed by atoms with Gasteiger partial charge in [-0.25, -0.2) is 0 Å². The lowest BCUT2D eigenvalue weighted by Crippen LogP contribution is -2.54. The van der Waals surface area contributed by atoms with Crippen molar-refractivity contribution in [3.8, 4) is 5.75 Å². The Morgan fingerprint density at radius 3 is 2.69 bits per heavy atom. The number of aromatic nitrogens is 1. The number of carboxylic acids is 1. The smallest absolute Gasteiger partial charge is 0.306 e. The largest absolute Gasteiger partial charge is 0.490 e. The molecule has 1 aromatic heterocycles. The number of amides is 1. The van der Waals surface area contributed by atoms with E-state index in [9.17, 15) is 19.8 Å². The molecule has 8 heteroatoms. The summed E-state index contributed by atoms with van der Waals surface area (Å²) in [5.74, 6) is -0.393. The number of β-amino-alcohol motifs (C(OH)–C–C–N with tert-alkyl or cyclic N) is 1. The maximum Gasteiger partial charge on any atom is 0.306 e. The van der Waals surface area contributed by atoms with Gasteiger partial charge >= 0.3 is 5.97 Å². The van der Waals surface area contributed by atoms with Crippen LogP contribution in [0.3, 0.4) is 0 Å². The Hall–Kier alpha value is -2.71. The fraction of sp³-hybridized carbons (Fsp3) is 0.542. The van der Waals surface area contributed by atoms with Gasteiger partial charge in [0.15, 0.2) is 0 Å². The van der Waals surface area contributed by atoms with Crippen LogP contribution in [0.1, 0.15) is 32.1 Å². The lowest BCUT2D eigenvalue weighted by atomic mass is 9.95. The zero-order valence-electron chi connectivity index (χ0n) is 18.2. The summed E-state index contributed by atoms with van der Waals surface area (Å²) in [6.45, 7) is 2.24. The Labute approximate surface area is 187 Å². The van der Waals surface area contributed by atoms with Crippen LogP contribution in [0.4, 0.5) is 0 Å². The van der Waals surface area contributed by atoms with Crippen molar-refractivity contribution >= 4 is 22.8 Å². The van der Waals surface area contributed by atoms with Crippen molar-refractivity contribution in [1.82, 2.24) is 14.8 Å². The van der Waals surface area contributed by atoms with Crippen molar-refractivity contribution in [2.45, 2.75) is 44.2 Å². The van der Waals surface area contributed by atoms with Gasteiger partial charge in [-0.15, -0.1) is 0 Å². The van der Waals surface area contributed by atoms with Gasteiger partial charge in [0.1, 0.15) is 18.5 Å². The van der Waals surface area contributed by atoms with Gasteiger partial charge < -0.3 is 19.8 Å². The van der Waals surface area contributed by atoms with Crippen molar-refractivity contribution in [3.63, 3.8) is 0 Å². The number of piperidine rings is 2. The van der Waals surface area contributed by atoms with Crippen LogP contribution in [-0.2, 0) is 9.59 Å². The normalized spacial score (nSPS) is 21.4. The molecule has 1 unspecified atom stereocenters. The molecule has 1 aromatic carbocycles. The predicted molar refractivity (Wildman–Crippen MR) is 119 cm³/mol. The van der Waals surface area contributed by atoms with E-state index in [-0.39, 0.29) is 24.5 Å². The molecule has 0 saturated carbocycles. The van der Waals surface area contributed by atoms with Crippen LogP contribution in [0.25, 0.3) is 10.9 Å². The molecule has 1 amide bonds. The fourth-order valence-corrected chi connectivity index (χ4v) is 4.76. The minimum atomic E-state index is -0.776. The van der Waals surface area contributed by atoms with Gasteiger partial charge in [-0.05, 0) is 56.5 Å². The lowest BCUT2D eigenvalue weighted by Gasteiger charge is -2.40. The second kappa shape index (κ2) is 10.3. The minimum absolute atomic E-state index is 0.0572. The van der Waals surface area contributed by atoms with Crippen LogP contribution < -0.4 is 4.74 Å². The summed E-state index contributed by atoms with van der Waals surface area (Å²) in [5.41, 5.74) is 0.841. The Kier molecular flexibility index (Phi) is 7.22. The predicted octanol–water partition coefficient (Wildman–Crippen LogP) is 2.15. The number of hydrogen-bond acceptors (Lipinski definition) is 6. The average molecular weight is 442 g/mol. The SMILES string of the molecule is O=C(O)C1CCN(C(=O)C2CCCCN2C[C@@H](O)COc2cccc3ncccc23)CC1. The second-order valence-electron chi connectivity index (χ2n) is 8.74. The molecule has 3 heterocycles. The first-order valence-electron chi connectivity index (χ1n) is 11.4. The number of aliphatic hydroxyl groups is 1. The highest BCUT2D eigenvalue weighted by atomic mass is 16.5. The van der Waals surface area contributed by atoms with Crippen LogP contribution in [0.2, 0.25) is 0 Å². The van der Waals surface area contributed by atoms with Crippen LogP contribution in [0.5, 0.6) is 5.75 Å². The molecule has 2 atom stereocenters. The van der Waals surface area contributed by atoms with E-state index in [4.69, 9.17) is 4.74 Å². The van der Waals surface area contributed by atoms with Crippen molar-refractivity contribution in [1.29, 1.82) is 0 Å². The van der Waals surface area contributed by atoms with Gasteiger partial charge in [-0.2, -0.15) is 0 Å². The second-order valence-corrected chi connectivity index (χ2v) is 8.74. The van der Waals surface area contributed by atoms with E-state index in [2.05, 4.69) is 9.88 Å². The number of carbonyl (C=O) groups is 2. The number of hydrogen-bond donors (Lipinski definition) is 2. The number of aliphatic hydroxyl groups excluding tert-OH is 1. The number of rotatable bonds is 7. The minimum Gasteiger partial charge on any atom is -0.490 e. The van der Waals surface area contributed by atoms with Crippen molar-refractivity contribution in [3.05, 3.63) is 36.5 Å². The molecule has 2 aliphatic rings. The highest BCUT2D eigenvalue weighted by Crippen LogP contribution is 2.25. The first-order valence-corrected chi connectivity index (χ1v) is 11.4. The van der Waals surface area contributed by atoms with E-state index in [0.717, 1.165) is 36.7 Å². The van der Waals surface area contributed by atoms with Crippen molar-refractivity contribution in [2.24, 2.45) is 5.92 Å². The van der Waals surface area contributed by atoms with Gasteiger partial charge in [0.05, 0.1) is 17.5 Å². The number of carbonyl (C=O) groups excluding carboxylic acids is 1. The first-order chi connectivity index (χ1) is 15.5. The number of pyridine rings is 1. The summed E-state index contributed by atoms with van der Waals surface area (Å²) in [4.78, 5) is 32.5. The van der Waals surface area contributed by atoms with E-state index in [1.54, 1.807) is 11.1 Å². The first kappa shape index (κ1) is 22.5. The van der Waals surface area contributed by atoms with E-state index in [0.29, 0.717) is 38.2 Å². The zero-order chi connectivity index (χ0) is 22.5. The average Bonchev–Trinajstić information content (AvgIpc) is 2.82. The van der Waals surface area contributed by atoms with Crippen LogP contribution in [0.15, 0.2) is 36.5 Å². The topological polar surface area (TPSA) is 103 Å². The summed E-state index contributed by atoms with van der Waals surface area (Å²) in [6.07, 6.45) is 4.75. The van der Waals surface area contributed by atoms with Crippen LogP contribution in [0, 0.1) is 5.92 Å². The summed E-state index contributed by atoms with van der Waals surface area (Å²) in [5, 5.41) is 20.8. The maximum absolute atomic E-state index is 13.2. The summed E-state index contributed by atoms with van der Waals surface area (Å²) < 4.78 is 5.90. The molecule has 0 aliphatic carbocycles. The Morgan fingerprint density at radius 2 is 1.91 bits per heavy atom. The van der Waals surface area contributed by atoms with E-state index >= 15 is 0 Å². The number of fused-ring (bicyclic) bond motifs is 1. The molecule has 2 fully saturated rings. The zero-order valence-corrected chi connectivity index (χ0v) is 18.2. The van der Waals surface area contributed by atoms with Gasteiger partial charge in [0.2, 0.25) is 5.91 Å². The number of carboxylic acid groups (broad SMARTS) is 1. The molecular formula is C24H31N3O5. The molecule has 2 aromatic rings. The molecule has 0 radical (unpaired) electrons. The molecular weight excluding hydrogens is 410 g/mol. The molecule has 172 valence electrons. The van der Waals surface area contributed by atoms with Gasteiger partial charge in [-0.3, -0.25) is 19.5 Å². The van der Waals surface area contributed by atoms with E-state index < -0.39 is 12.1 Å². The van der Waals surface area contributed by atoms with Crippen LogP contribution in [-0.4, -0.2) is 81.8 Å². The molecule has 2 saturated heterocycles. The molecule has 0 bridgehead atoms. The third-order valence-electron chi connectivity index (χ3n) is 6.54. The summed E-state index contributed by atoms with van der Waals surface area (Å²) in [6, 6.07) is 9.20. The monoisotopic (exact) mass is 441 g/mol. The number of aliphatic carboxylic acids is 1. The number of ether oxygens (including phenoxy) is 1. The molecule has 32 heavy (non-hydrogen) atoms. The highest BCUT2D eigenvalue weighted by Gasteiger charge is 2.35. The molecule has 8 nitrogen and oxygen atoms in total. The maximum atomic E-state index is 13.2. The fourth-order valence-electron chi connectivity index (χ4n) is 4.76. The number of likely N-dealkylation sites (tertiary alicyclic amines) is 2. The van der Waals surface area contributed by atoms with E-state index in [1.807, 2.05) is 30.3 Å². The molecule has 2 N–H and O–H groups in total. The highest BCUT2D eigenvalue weighted by molar-refractivity contribution is 5.84. The van der Waals surface area contributed by atoms with Crippen molar-refractivity contribution < 1.29 is 24.5 Å². The quantitative estimate of drug-likeness (QED) is 0.679. The van der Waals surface area contributed by atoms with Gasteiger partial charge in [-0.1, -0.05) is 12.5 Å². The Morgan fingerprint density at radius 1 is 1.09 bits per heavy atom. The third-order valence-corrected chi connectivity index (χ3v) is 6.54. The standard InChI is InChI=1S/C24H31N3O5/c28-18(16-32-22-8-3-6-20-19(22)5-4-11-25-20)15-27-12-2-1-7-21(27)23(29)26-13-9-17(10-14-26)24(30)31/h3-6,8,11,17-18,21,28H,1-2,7,9-10,12-16H2,(H,30,31)/t18-,21?/m1/s1. The van der Waals surface area contributed by atoms with E-state index in [1.165, 1.54) is 0 Å². The Bertz CT molecular complexity index is 939. The molecule has 0 spiro atoms. The number of nitrogens with zero attached hydrogens (tertiary/aromatic N) is 3. The van der Waals surface area contributed by atoms with Gasteiger partial charge in [0.25, 0.3) is 0 Å². The number of benzene rings is 1. The van der Waals surface area contributed by atoms with Crippen LogP contribution >= 0.6 is 0 Å². The molecule has 2 aliphatic heterocycles. The molecule has 4 rings (SSSR count). The lowest BCUT2D eigenvalue weighted by molar-refractivity contribution is -0.148. The van der Waals surface area contributed by atoms with Crippen molar-refractivity contribution in [2.75, 3.05) is 32.8 Å². The Balaban J connectivity index is 1.33. The summed E-state index contributed by atoms with van der Waals surface area (Å²) >= 11 is 0. The summed E-state index contributed by atoms with van der Waals surface area (Å²) in [7, 11) is 0. The van der Waals surface area contributed by atoms with Gasteiger partial charge in [0, 0.05) is 31.2 Å². The third kappa shape index (κ3) is 5.19.